The predicted octanol–water partition coefficient (Wildman–Crippen LogP) is 3.84. The van der Waals surface area contributed by atoms with E-state index in [0.29, 0.717) is 0 Å². The highest BCUT2D eigenvalue weighted by Gasteiger charge is 2.00. The summed E-state index contributed by atoms with van der Waals surface area (Å²) in [5, 5.41) is 0. The lowest BCUT2D eigenvalue weighted by molar-refractivity contribution is 0.528. The molecule has 0 N–H and O–H groups in total. The monoisotopic (exact) mass is 218 g/mol. The number of furan rings is 1. The van der Waals surface area contributed by atoms with Crippen LogP contribution in [0.25, 0.3) is 0 Å². The number of alkyl halides is 1. The zero-order valence-electron chi connectivity index (χ0n) is 7.88. The highest BCUT2D eigenvalue weighted by Crippen LogP contribution is 2.17. The van der Waals surface area contributed by atoms with Crippen LogP contribution in [0, 0.1) is 6.92 Å². The second-order valence-corrected chi connectivity index (χ2v) is 4.46. The first-order valence-corrected chi connectivity index (χ1v) is 6.20. The molecule has 0 radical (unpaired) electrons. The van der Waals surface area contributed by atoms with Crippen molar-refractivity contribution in [1.82, 2.24) is 0 Å². The van der Waals surface area contributed by atoms with Gasteiger partial charge in [-0.05, 0) is 37.1 Å². The average molecular weight is 219 g/mol. The third-order valence-electron chi connectivity index (χ3n) is 1.87. The van der Waals surface area contributed by atoms with Gasteiger partial charge in [0.05, 0.1) is 12.0 Å². The highest BCUT2D eigenvalue weighted by molar-refractivity contribution is 7.98. The Morgan fingerprint density at radius 1 is 1.46 bits per heavy atom. The van der Waals surface area contributed by atoms with Gasteiger partial charge in [0.1, 0.15) is 5.76 Å². The Hall–Kier alpha value is -0.0800. The quantitative estimate of drug-likeness (QED) is 0.532. The number of thioether (sulfide) groups is 1. The van der Waals surface area contributed by atoms with Crippen molar-refractivity contribution in [3.8, 4) is 0 Å². The van der Waals surface area contributed by atoms with Crippen LogP contribution in [0.5, 0.6) is 0 Å². The smallest absolute Gasteiger partial charge is 0.116 e. The van der Waals surface area contributed by atoms with E-state index < -0.39 is 0 Å². The van der Waals surface area contributed by atoms with Crippen molar-refractivity contribution >= 4 is 23.4 Å². The largest absolute Gasteiger partial charge is 0.468 e. The van der Waals surface area contributed by atoms with Crippen LogP contribution in [0.3, 0.4) is 0 Å². The van der Waals surface area contributed by atoms with Crippen LogP contribution in [-0.2, 0) is 5.75 Å². The molecule has 1 aromatic heterocycles. The Bertz CT molecular complexity index is 235. The van der Waals surface area contributed by atoms with Crippen LogP contribution in [0.1, 0.15) is 24.2 Å². The number of rotatable bonds is 6. The molecule has 0 bridgehead atoms. The van der Waals surface area contributed by atoms with Crippen molar-refractivity contribution < 1.29 is 4.42 Å². The molecule has 0 amide bonds. The third kappa shape index (κ3) is 4.10. The van der Waals surface area contributed by atoms with Gasteiger partial charge in [-0.2, -0.15) is 11.8 Å². The predicted molar refractivity (Wildman–Crippen MR) is 59.6 cm³/mol. The number of aryl methyl sites for hydroxylation is 1. The molecule has 0 spiro atoms. The van der Waals surface area contributed by atoms with E-state index in [1.54, 1.807) is 6.26 Å². The lowest BCUT2D eigenvalue weighted by atomic mass is 10.3. The first kappa shape index (κ1) is 11.0. The molecule has 1 aromatic rings. The van der Waals surface area contributed by atoms with Crippen LogP contribution in [0.15, 0.2) is 16.7 Å². The number of hydrogen-bond acceptors (Lipinski definition) is 2. The van der Waals surface area contributed by atoms with E-state index in [-0.39, 0.29) is 0 Å². The normalized spacial score (nSPS) is 10.6. The Balaban J connectivity index is 2.10. The van der Waals surface area contributed by atoms with E-state index >= 15 is 0 Å². The maximum atomic E-state index is 5.58. The van der Waals surface area contributed by atoms with Crippen LogP contribution < -0.4 is 0 Å². The molecule has 0 fully saturated rings. The molecule has 0 aliphatic carbocycles. The summed E-state index contributed by atoms with van der Waals surface area (Å²) in [5.41, 5.74) is 1.25. The van der Waals surface area contributed by atoms with Gasteiger partial charge in [-0.15, -0.1) is 11.6 Å². The highest BCUT2D eigenvalue weighted by atomic mass is 35.5. The summed E-state index contributed by atoms with van der Waals surface area (Å²) in [4.78, 5) is 0. The SMILES string of the molecule is Cc1ccoc1CSCCCCCl. The average Bonchev–Trinajstić information content (AvgIpc) is 2.52. The molecular weight excluding hydrogens is 204 g/mol. The van der Waals surface area contributed by atoms with Gasteiger partial charge in [-0.1, -0.05) is 0 Å². The van der Waals surface area contributed by atoms with Gasteiger partial charge in [0.25, 0.3) is 0 Å². The summed E-state index contributed by atoms with van der Waals surface area (Å²) in [6, 6.07) is 2.01. The lowest BCUT2D eigenvalue weighted by Crippen LogP contribution is -1.84. The minimum absolute atomic E-state index is 0.778. The van der Waals surface area contributed by atoms with Crippen molar-refractivity contribution in [2.24, 2.45) is 0 Å². The second-order valence-electron chi connectivity index (χ2n) is 2.98. The minimum Gasteiger partial charge on any atom is -0.468 e. The summed E-state index contributed by atoms with van der Waals surface area (Å²) in [6.07, 6.45) is 4.07. The van der Waals surface area contributed by atoms with Crippen molar-refractivity contribution in [2.75, 3.05) is 11.6 Å². The van der Waals surface area contributed by atoms with Crippen molar-refractivity contribution in [2.45, 2.75) is 25.5 Å². The summed E-state index contributed by atoms with van der Waals surface area (Å²) in [7, 11) is 0. The van der Waals surface area contributed by atoms with Crippen LogP contribution in [-0.4, -0.2) is 11.6 Å². The van der Waals surface area contributed by atoms with E-state index in [0.717, 1.165) is 23.8 Å². The lowest BCUT2D eigenvalue weighted by Gasteiger charge is -1.98. The van der Waals surface area contributed by atoms with Gasteiger partial charge in [0, 0.05) is 5.88 Å². The van der Waals surface area contributed by atoms with E-state index in [2.05, 4.69) is 6.92 Å². The molecule has 1 heterocycles. The first-order valence-electron chi connectivity index (χ1n) is 4.51. The number of halogens is 1. The Kier molecular flexibility index (Phi) is 5.40. The van der Waals surface area contributed by atoms with Crippen molar-refractivity contribution in [3.63, 3.8) is 0 Å². The molecule has 1 nitrogen and oxygen atoms in total. The zero-order valence-corrected chi connectivity index (χ0v) is 9.46. The zero-order chi connectivity index (χ0) is 9.52. The van der Waals surface area contributed by atoms with Crippen molar-refractivity contribution in [1.29, 1.82) is 0 Å². The Morgan fingerprint density at radius 3 is 2.92 bits per heavy atom. The topological polar surface area (TPSA) is 13.1 Å². The first-order chi connectivity index (χ1) is 6.34. The molecule has 0 atom stereocenters. The van der Waals surface area contributed by atoms with E-state index in [9.17, 15) is 0 Å². The molecule has 0 aliphatic heterocycles. The molecule has 13 heavy (non-hydrogen) atoms. The fraction of sp³-hybridized carbons (Fsp3) is 0.600. The molecule has 1 rings (SSSR count). The molecule has 74 valence electrons. The van der Waals surface area contributed by atoms with Gasteiger partial charge in [0.2, 0.25) is 0 Å². The van der Waals surface area contributed by atoms with Gasteiger partial charge >= 0.3 is 0 Å². The van der Waals surface area contributed by atoms with Crippen molar-refractivity contribution in [3.05, 3.63) is 23.7 Å². The number of unbranched alkanes of at least 4 members (excludes halogenated alkanes) is 1. The summed E-state index contributed by atoms with van der Waals surface area (Å²) >= 11 is 7.49. The van der Waals surface area contributed by atoms with Gasteiger partial charge < -0.3 is 4.42 Å². The summed E-state index contributed by atoms with van der Waals surface area (Å²) < 4.78 is 5.32. The second kappa shape index (κ2) is 6.39. The van der Waals surface area contributed by atoms with Gasteiger partial charge in [-0.25, -0.2) is 0 Å². The molecule has 3 heteroatoms. The Labute approximate surface area is 88.8 Å². The van der Waals surface area contributed by atoms with Crippen LogP contribution >= 0.6 is 23.4 Å². The molecule has 0 saturated heterocycles. The van der Waals surface area contributed by atoms with Gasteiger partial charge in [-0.3, -0.25) is 0 Å². The maximum absolute atomic E-state index is 5.58. The summed E-state index contributed by atoms with van der Waals surface area (Å²) in [5.74, 6) is 4.05. The van der Waals surface area contributed by atoms with Crippen LogP contribution in [0.2, 0.25) is 0 Å². The molecular formula is C10H15ClOS. The summed E-state index contributed by atoms with van der Waals surface area (Å²) in [6.45, 7) is 2.08. The van der Waals surface area contributed by atoms with Gasteiger partial charge in [0.15, 0.2) is 0 Å². The molecule has 0 aliphatic rings. The fourth-order valence-corrected chi connectivity index (χ4v) is 2.24. The van der Waals surface area contributed by atoms with E-state index in [4.69, 9.17) is 16.0 Å². The standard InChI is InChI=1S/C10H15ClOS/c1-9-4-6-12-10(9)8-13-7-3-2-5-11/h4,6H,2-3,5,7-8H2,1H3. The van der Waals surface area contributed by atoms with Crippen LogP contribution in [0.4, 0.5) is 0 Å². The Morgan fingerprint density at radius 2 is 2.31 bits per heavy atom. The maximum Gasteiger partial charge on any atom is 0.116 e. The third-order valence-corrected chi connectivity index (χ3v) is 3.18. The molecule has 0 aromatic carbocycles. The molecule has 0 unspecified atom stereocenters. The minimum atomic E-state index is 0.778. The number of hydrogen-bond donors (Lipinski definition) is 0. The van der Waals surface area contributed by atoms with E-state index in [1.165, 1.54) is 17.7 Å². The molecule has 0 saturated carbocycles. The van der Waals surface area contributed by atoms with E-state index in [1.807, 2.05) is 17.8 Å². The fourth-order valence-electron chi connectivity index (χ4n) is 1.02.